The van der Waals surface area contributed by atoms with Gasteiger partial charge in [0.2, 0.25) is 0 Å². The maximum absolute atomic E-state index is 9.61. The normalized spacial score (nSPS) is 22.9. The third-order valence-electron chi connectivity index (χ3n) is 5.40. The minimum Gasteiger partial charge on any atom is -0.396 e. The fourth-order valence-electron chi connectivity index (χ4n) is 3.13. The minimum absolute atomic E-state index is 0.102. The van der Waals surface area contributed by atoms with Gasteiger partial charge in [-0.2, -0.15) is 0 Å². The summed E-state index contributed by atoms with van der Waals surface area (Å²) in [7, 11) is 0. The number of likely N-dealkylation sites (tertiary alicyclic amines) is 1. The molecule has 2 N–H and O–H groups in total. The molecule has 1 saturated heterocycles. The van der Waals surface area contributed by atoms with E-state index in [-0.39, 0.29) is 5.41 Å². The second kappa shape index (κ2) is 7.05. The Bertz CT molecular complexity index is 245. The van der Waals surface area contributed by atoms with Crippen molar-refractivity contribution in [1.82, 2.24) is 10.2 Å². The Morgan fingerprint density at radius 3 is 2.21 bits per heavy atom. The van der Waals surface area contributed by atoms with E-state index in [1.54, 1.807) is 0 Å². The largest absolute Gasteiger partial charge is 0.396 e. The van der Waals surface area contributed by atoms with Gasteiger partial charge in [0.05, 0.1) is 0 Å². The van der Waals surface area contributed by atoms with Gasteiger partial charge >= 0.3 is 0 Å². The van der Waals surface area contributed by atoms with E-state index in [9.17, 15) is 5.11 Å². The molecule has 1 aliphatic heterocycles. The second-order valence-corrected chi connectivity index (χ2v) is 6.76. The van der Waals surface area contributed by atoms with Gasteiger partial charge < -0.3 is 15.3 Å². The smallest absolute Gasteiger partial charge is 0.0499 e. The summed E-state index contributed by atoms with van der Waals surface area (Å²) in [6.07, 6.45) is 7.61. The molecule has 0 spiro atoms. The van der Waals surface area contributed by atoms with Crippen molar-refractivity contribution >= 4 is 0 Å². The van der Waals surface area contributed by atoms with Crippen LogP contribution in [0.2, 0.25) is 0 Å². The third kappa shape index (κ3) is 4.44. The van der Waals surface area contributed by atoms with Crippen LogP contribution in [0.15, 0.2) is 0 Å². The summed E-state index contributed by atoms with van der Waals surface area (Å²) in [5.41, 5.74) is 0.102. The number of nitrogens with zero attached hydrogens (tertiary/aromatic N) is 1. The molecule has 112 valence electrons. The monoisotopic (exact) mass is 268 g/mol. The molecule has 0 radical (unpaired) electrons. The van der Waals surface area contributed by atoms with Gasteiger partial charge in [-0.15, -0.1) is 0 Å². The average molecular weight is 268 g/mol. The Hall–Kier alpha value is -0.120. The highest BCUT2D eigenvalue weighted by Gasteiger charge is 2.29. The highest BCUT2D eigenvalue weighted by atomic mass is 16.3. The number of hydrogen-bond donors (Lipinski definition) is 2. The molecule has 0 aromatic rings. The lowest BCUT2D eigenvalue weighted by Gasteiger charge is -2.36. The van der Waals surface area contributed by atoms with E-state index in [1.807, 2.05) is 0 Å². The van der Waals surface area contributed by atoms with E-state index in [4.69, 9.17) is 0 Å². The maximum Gasteiger partial charge on any atom is 0.0499 e. The van der Waals surface area contributed by atoms with Crippen molar-refractivity contribution in [3.05, 3.63) is 0 Å². The van der Waals surface area contributed by atoms with Crippen molar-refractivity contribution < 1.29 is 5.11 Å². The van der Waals surface area contributed by atoms with Crippen LogP contribution < -0.4 is 5.32 Å². The van der Waals surface area contributed by atoms with Crippen LogP contribution in [-0.4, -0.2) is 48.8 Å². The van der Waals surface area contributed by atoms with Gasteiger partial charge in [-0.1, -0.05) is 13.8 Å². The molecule has 2 rings (SSSR count). The Morgan fingerprint density at radius 1 is 1.11 bits per heavy atom. The molecule has 0 aromatic carbocycles. The number of piperidine rings is 1. The summed E-state index contributed by atoms with van der Waals surface area (Å²) in [5, 5.41) is 13.3. The molecule has 3 heteroatoms. The van der Waals surface area contributed by atoms with Crippen LogP contribution in [0.4, 0.5) is 0 Å². The quantitative estimate of drug-likeness (QED) is 0.709. The van der Waals surface area contributed by atoms with Crippen LogP contribution >= 0.6 is 0 Å². The molecule has 0 aromatic heterocycles. The van der Waals surface area contributed by atoms with E-state index >= 15 is 0 Å². The van der Waals surface area contributed by atoms with Crippen LogP contribution in [0, 0.1) is 11.3 Å². The molecule has 2 aliphatic rings. The first-order valence-electron chi connectivity index (χ1n) is 8.28. The zero-order valence-corrected chi connectivity index (χ0v) is 12.8. The SMILES string of the molecule is CCC(CC)(CO)CNC1CCN(CC2CC2)CC1. The first-order valence-corrected chi connectivity index (χ1v) is 8.28. The lowest BCUT2D eigenvalue weighted by molar-refractivity contribution is 0.102. The molecule has 2 fully saturated rings. The zero-order chi connectivity index (χ0) is 13.7. The van der Waals surface area contributed by atoms with Crippen LogP contribution in [0.3, 0.4) is 0 Å². The maximum atomic E-state index is 9.61. The highest BCUT2D eigenvalue weighted by Crippen LogP contribution is 2.30. The van der Waals surface area contributed by atoms with Crippen LogP contribution in [0.1, 0.15) is 52.4 Å². The highest BCUT2D eigenvalue weighted by molar-refractivity contribution is 4.85. The molecular weight excluding hydrogens is 236 g/mol. The van der Waals surface area contributed by atoms with Gasteiger partial charge in [-0.25, -0.2) is 0 Å². The molecule has 0 atom stereocenters. The number of hydrogen-bond acceptors (Lipinski definition) is 3. The van der Waals surface area contributed by atoms with Gasteiger partial charge in [0.15, 0.2) is 0 Å². The lowest BCUT2D eigenvalue weighted by Crippen LogP contribution is -2.47. The summed E-state index contributed by atoms with van der Waals surface area (Å²) in [6.45, 7) is 9.55. The topological polar surface area (TPSA) is 35.5 Å². The predicted molar refractivity (Wildman–Crippen MR) is 80.3 cm³/mol. The van der Waals surface area contributed by atoms with E-state index in [2.05, 4.69) is 24.1 Å². The van der Waals surface area contributed by atoms with E-state index in [0.29, 0.717) is 12.6 Å². The predicted octanol–water partition coefficient (Wildman–Crippen LogP) is 2.25. The van der Waals surface area contributed by atoms with Gasteiger partial charge in [0.25, 0.3) is 0 Å². The molecule has 1 saturated carbocycles. The molecule has 3 nitrogen and oxygen atoms in total. The van der Waals surface area contributed by atoms with Crippen molar-refractivity contribution in [2.45, 2.75) is 58.4 Å². The molecular formula is C16H32N2O. The first-order chi connectivity index (χ1) is 9.21. The second-order valence-electron chi connectivity index (χ2n) is 6.76. The van der Waals surface area contributed by atoms with Crippen molar-refractivity contribution in [3.63, 3.8) is 0 Å². The Balaban J connectivity index is 1.66. The molecule has 19 heavy (non-hydrogen) atoms. The summed E-state index contributed by atoms with van der Waals surface area (Å²) in [6, 6.07) is 0.666. The van der Waals surface area contributed by atoms with E-state index < -0.39 is 0 Å². The fraction of sp³-hybridized carbons (Fsp3) is 1.00. The average Bonchev–Trinajstić information content (AvgIpc) is 3.27. The molecule has 1 aliphatic carbocycles. The van der Waals surface area contributed by atoms with E-state index in [0.717, 1.165) is 25.3 Å². The summed E-state index contributed by atoms with van der Waals surface area (Å²) >= 11 is 0. The summed E-state index contributed by atoms with van der Waals surface area (Å²) in [5.74, 6) is 1.02. The lowest BCUT2D eigenvalue weighted by atomic mass is 9.83. The van der Waals surface area contributed by atoms with E-state index in [1.165, 1.54) is 45.3 Å². The van der Waals surface area contributed by atoms with Gasteiger partial charge in [-0.05, 0) is 57.5 Å². The summed E-state index contributed by atoms with van der Waals surface area (Å²) < 4.78 is 0. The standard InChI is InChI=1S/C16H32N2O/c1-3-16(4-2,13-19)12-17-15-7-9-18(10-8-15)11-14-5-6-14/h14-15,17,19H,3-13H2,1-2H3. The van der Waals surface area contributed by atoms with Crippen LogP contribution in [-0.2, 0) is 0 Å². The van der Waals surface area contributed by atoms with Crippen molar-refractivity contribution in [3.8, 4) is 0 Å². The minimum atomic E-state index is 0.102. The van der Waals surface area contributed by atoms with Crippen LogP contribution in [0.25, 0.3) is 0 Å². The fourth-order valence-corrected chi connectivity index (χ4v) is 3.13. The van der Waals surface area contributed by atoms with Gasteiger partial charge in [0, 0.05) is 31.2 Å². The first kappa shape index (κ1) is 15.3. The van der Waals surface area contributed by atoms with Gasteiger partial charge in [-0.3, -0.25) is 0 Å². The number of aliphatic hydroxyl groups excluding tert-OH is 1. The van der Waals surface area contributed by atoms with Crippen molar-refractivity contribution in [2.24, 2.45) is 11.3 Å². The third-order valence-corrected chi connectivity index (χ3v) is 5.40. The number of nitrogens with one attached hydrogen (secondary N) is 1. The van der Waals surface area contributed by atoms with Crippen molar-refractivity contribution in [1.29, 1.82) is 0 Å². The van der Waals surface area contributed by atoms with Crippen molar-refractivity contribution in [2.75, 3.05) is 32.8 Å². The Labute approximate surface area is 118 Å². The molecule has 0 bridgehead atoms. The Morgan fingerprint density at radius 2 is 1.74 bits per heavy atom. The Kier molecular flexibility index (Phi) is 5.67. The molecule has 1 heterocycles. The zero-order valence-electron chi connectivity index (χ0n) is 12.8. The number of rotatable bonds is 8. The molecule has 0 unspecified atom stereocenters. The molecule has 0 amide bonds. The number of aliphatic hydroxyl groups is 1. The van der Waals surface area contributed by atoms with Crippen LogP contribution in [0.5, 0.6) is 0 Å². The van der Waals surface area contributed by atoms with Gasteiger partial charge in [0.1, 0.15) is 0 Å². The summed E-state index contributed by atoms with van der Waals surface area (Å²) in [4.78, 5) is 2.65.